The van der Waals surface area contributed by atoms with Crippen LogP contribution in [0.1, 0.15) is 46.5 Å². The van der Waals surface area contributed by atoms with Crippen molar-refractivity contribution in [2.24, 2.45) is 0 Å². The van der Waals surface area contributed by atoms with Crippen LogP contribution >= 0.6 is 0 Å². The number of aromatic amines is 1. The number of hydrogen-bond acceptors (Lipinski definition) is 5. The molecule has 1 aliphatic rings. The summed E-state index contributed by atoms with van der Waals surface area (Å²) in [6.45, 7) is 3.64. The molecule has 2 aromatic rings. The molecule has 2 aromatic heterocycles. The van der Waals surface area contributed by atoms with Gasteiger partial charge in [-0.3, -0.25) is 15.2 Å². The first kappa shape index (κ1) is 10.9. The summed E-state index contributed by atoms with van der Waals surface area (Å²) in [6, 6.07) is 0. The molecule has 2 N–H and O–H groups in total. The van der Waals surface area contributed by atoms with Crippen LogP contribution in [0.5, 0.6) is 0 Å². The molecule has 3 rings (SSSR count). The van der Waals surface area contributed by atoms with Crippen molar-refractivity contribution in [3.05, 3.63) is 22.9 Å². The number of hydrogen-bond donors (Lipinski definition) is 2. The predicted molar refractivity (Wildman–Crippen MR) is 62.3 cm³/mol. The number of amides is 1. The maximum Gasteiger partial charge on any atom is 0.297 e. The molecule has 7 heteroatoms. The number of carbonyl (C=O) groups is 1. The number of carbonyl (C=O) groups excluding carboxylic acids is 1. The van der Waals surface area contributed by atoms with E-state index in [0.717, 1.165) is 29.9 Å². The van der Waals surface area contributed by atoms with E-state index in [-0.39, 0.29) is 5.82 Å². The Morgan fingerprint density at radius 1 is 1.44 bits per heavy atom. The number of H-pyrrole nitrogens is 1. The van der Waals surface area contributed by atoms with E-state index in [0.29, 0.717) is 11.8 Å². The highest BCUT2D eigenvalue weighted by Crippen LogP contribution is 2.37. The highest BCUT2D eigenvalue weighted by atomic mass is 16.5. The Labute approximate surface area is 103 Å². The zero-order chi connectivity index (χ0) is 12.7. The van der Waals surface area contributed by atoms with Crippen LogP contribution in [0.3, 0.4) is 0 Å². The Hall–Kier alpha value is -2.18. The normalized spacial score (nSPS) is 14.8. The quantitative estimate of drug-likeness (QED) is 0.857. The molecule has 0 atom stereocenters. The fraction of sp³-hybridized carbons (Fsp3) is 0.455. The third-order valence-corrected chi connectivity index (χ3v) is 3.05. The van der Waals surface area contributed by atoms with Crippen LogP contribution in [0.4, 0.5) is 5.88 Å². The Morgan fingerprint density at radius 2 is 2.22 bits per heavy atom. The Balaban J connectivity index is 1.75. The number of aryl methyl sites for hydroxylation is 1. The Morgan fingerprint density at radius 3 is 2.83 bits per heavy atom. The Bertz CT molecular complexity index is 596. The fourth-order valence-corrected chi connectivity index (χ4v) is 1.61. The third kappa shape index (κ3) is 1.87. The molecule has 0 aromatic carbocycles. The van der Waals surface area contributed by atoms with Gasteiger partial charge < -0.3 is 4.52 Å². The summed E-state index contributed by atoms with van der Waals surface area (Å²) in [7, 11) is 0. The molecule has 0 unspecified atom stereocenters. The van der Waals surface area contributed by atoms with Gasteiger partial charge in [-0.25, -0.2) is 4.98 Å². The molecule has 0 spiro atoms. The van der Waals surface area contributed by atoms with E-state index in [1.807, 2.05) is 13.8 Å². The smallest absolute Gasteiger partial charge is 0.297 e. The molecule has 7 nitrogen and oxygen atoms in total. The number of anilines is 1. The van der Waals surface area contributed by atoms with Crippen molar-refractivity contribution in [1.82, 2.24) is 20.3 Å². The van der Waals surface area contributed by atoms with Crippen LogP contribution in [-0.2, 0) is 0 Å². The fourth-order valence-electron chi connectivity index (χ4n) is 1.61. The van der Waals surface area contributed by atoms with Gasteiger partial charge >= 0.3 is 0 Å². The standard InChI is InChI=1S/C11H13N5O2/c1-5-6(2)16-18-11(5)13-10(17)9-12-8(14-15-9)7-3-4-7/h7H,3-4H2,1-2H3,(H,13,17)(H,12,14,15). The first-order chi connectivity index (χ1) is 8.65. The first-order valence-electron chi connectivity index (χ1n) is 5.81. The van der Waals surface area contributed by atoms with Gasteiger partial charge in [-0.15, -0.1) is 5.10 Å². The second kappa shape index (κ2) is 3.94. The van der Waals surface area contributed by atoms with Crippen LogP contribution in [-0.4, -0.2) is 26.2 Å². The summed E-state index contributed by atoms with van der Waals surface area (Å²) in [4.78, 5) is 16.1. The highest BCUT2D eigenvalue weighted by molar-refractivity contribution is 6.01. The van der Waals surface area contributed by atoms with E-state index in [4.69, 9.17) is 4.52 Å². The molecule has 18 heavy (non-hydrogen) atoms. The minimum Gasteiger partial charge on any atom is -0.338 e. The molecule has 0 bridgehead atoms. The monoisotopic (exact) mass is 247 g/mol. The first-order valence-corrected chi connectivity index (χ1v) is 5.81. The topological polar surface area (TPSA) is 96.7 Å². The SMILES string of the molecule is Cc1noc(NC(=O)c2n[nH]c(C3CC3)n2)c1C. The molecule has 1 fully saturated rings. The summed E-state index contributed by atoms with van der Waals surface area (Å²) < 4.78 is 5.01. The van der Waals surface area contributed by atoms with Crippen molar-refractivity contribution in [2.75, 3.05) is 5.32 Å². The van der Waals surface area contributed by atoms with Gasteiger partial charge in [0, 0.05) is 11.5 Å². The minimum absolute atomic E-state index is 0.130. The molecule has 1 saturated carbocycles. The molecular formula is C11H13N5O2. The summed E-state index contributed by atoms with van der Waals surface area (Å²) >= 11 is 0. The Kier molecular flexibility index (Phi) is 2.39. The van der Waals surface area contributed by atoms with Crippen LogP contribution in [0.25, 0.3) is 0 Å². The lowest BCUT2D eigenvalue weighted by atomic mass is 10.3. The number of nitrogens with zero attached hydrogens (tertiary/aromatic N) is 3. The lowest BCUT2D eigenvalue weighted by Crippen LogP contribution is -2.14. The maximum absolute atomic E-state index is 11.9. The molecule has 94 valence electrons. The zero-order valence-corrected chi connectivity index (χ0v) is 10.1. The van der Waals surface area contributed by atoms with Gasteiger partial charge in [0.15, 0.2) is 0 Å². The minimum atomic E-state index is -0.391. The largest absolute Gasteiger partial charge is 0.338 e. The molecule has 2 heterocycles. The number of aromatic nitrogens is 4. The summed E-state index contributed by atoms with van der Waals surface area (Å²) in [5, 5.41) is 13.1. The number of rotatable bonds is 3. The molecular weight excluding hydrogens is 234 g/mol. The van der Waals surface area contributed by atoms with Gasteiger partial charge in [-0.1, -0.05) is 5.16 Å². The predicted octanol–water partition coefficient (Wildman–Crippen LogP) is 1.54. The van der Waals surface area contributed by atoms with Crippen molar-refractivity contribution >= 4 is 11.8 Å². The second-order valence-electron chi connectivity index (χ2n) is 4.49. The lowest BCUT2D eigenvalue weighted by Gasteiger charge is -1.97. The van der Waals surface area contributed by atoms with Crippen LogP contribution in [0.2, 0.25) is 0 Å². The van der Waals surface area contributed by atoms with Gasteiger partial charge in [-0.2, -0.15) is 0 Å². The molecule has 1 aliphatic carbocycles. The van der Waals surface area contributed by atoms with Crippen molar-refractivity contribution in [2.45, 2.75) is 32.6 Å². The van der Waals surface area contributed by atoms with E-state index in [1.54, 1.807) is 0 Å². The van der Waals surface area contributed by atoms with Gasteiger partial charge in [-0.05, 0) is 26.7 Å². The van der Waals surface area contributed by atoms with Crippen molar-refractivity contribution < 1.29 is 9.32 Å². The molecule has 0 radical (unpaired) electrons. The van der Waals surface area contributed by atoms with E-state index in [1.165, 1.54) is 0 Å². The van der Waals surface area contributed by atoms with Gasteiger partial charge in [0.1, 0.15) is 5.82 Å². The average molecular weight is 247 g/mol. The molecule has 0 aliphatic heterocycles. The van der Waals surface area contributed by atoms with E-state index in [9.17, 15) is 4.79 Å². The second-order valence-corrected chi connectivity index (χ2v) is 4.49. The average Bonchev–Trinajstić information content (AvgIpc) is 3.02. The zero-order valence-electron chi connectivity index (χ0n) is 10.1. The van der Waals surface area contributed by atoms with Crippen molar-refractivity contribution in [1.29, 1.82) is 0 Å². The van der Waals surface area contributed by atoms with Gasteiger partial charge in [0.25, 0.3) is 5.91 Å². The van der Waals surface area contributed by atoms with E-state index >= 15 is 0 Å². The van der Waals surface area contributed by atoms with Gasteiger partial charge in [0.05, 0.1) is 5.69 Å². The lowest BCUT2D eigenvalue weighted by molar-refractivity contribution is 0.101. The summed E-state index contributed by atoms with van der Waals surface area (Å²) in [5.41, 5.74) is 1.56. The van der Waals surface area contributed by atoms with E-state index in [2.05, 4.69) is 25.7 Å². The molecule has 0 saturated heterocycles. The van der Waals surface area contributed by atoms with Crippen LogP contribution in [0, 0.1) is 13.8 Å². The van der Waals surface area contributed by atoms with Crippen LogP contribution in [0.15, 0.2) is 4.52 Å². The summed E-state index contributed by atoms with van der Waals surface area (Å²) in [6.07, 6.45) is 2.22. The van der Waals surface area contributed by atoms with Crippen LogP contribution < -0.4 is 5.32 Å². The van der Waals surface area contributed by atoms with E-state index < -0.39 is 5.91 Å². The molecule has 1 amide bonds. The number of nitrogens with one attached hydrogen (secondary N) is 2. The van der Waals surface area contributed by atoms with Crippen molar-refractivity contribution in [3.63, 3.8) is 0 Å². The maximum atomic E-state index is 11.9. The third-order valence-electron chi connectivity index (χ3n) is 3.05. The van der Waals surface area contributed by atoms with Crippen molar-refractivity contribution in [3.8, 4) is 0 Å². The summed E-state index contributed by atoms with van der Waals surface area (Å²) in [5.74, 6) is 1.30. The highest BCUT2D eigenvalue weighted by Gasteiger charge is 2.28. The van der Waals surface area contributed by atoms with Gasteiger partial charge in [0.2, 0.25) is 11.7 Å².